The number of amides is 2. The molecule has 0 fully saturated rings. The van der Waals surface area contributed by atoms with Crippen LogP contribution in [0.2, 0.25) is 0 Å². The van der Waals surface area contributed by atoms with Crippen molar-refractivity contribution in [2.75, 3.05) is 0 Å². The Morgan fingerprint density at radius 2 is 1.96 bits per heavy atom. The fourth-order valence-corrected chi connectivity index (χ4v) is 2.57. The van der Waals surface area contributed by atoms with Gasteiger partial charge in [0.2, 0.25) is 0 Å². The molecule has 0 saturated heterocycles. The van der Waals surface area contributed by atoms with Gasteiger partial charge in [0.05, 0.1) is 12.2 Å². The summed E-state index contributed by atoms with van der Waals surface area (Å²) < 4.78 is 1.71. The maximum atomic E-state index is 12.0. The monoisotopic (exact) mass is 335 g/mol. The maximum absolute atomic E-state index is 12.0. The van der Waals surface area contributed by atoms with Crippen LogP contribution in [-0.2, 0) is 13.6 Å². The van der Waals surface area contributed by atoms with Crippen LogP contribution < -0.4 is 10.6 Å². The van der Waals surface area contributed by atoms with Gasteiger partial charge in [0, 0.05) is 37.7 Å². The minimum absolute atomic E-state index is 0.0863. The molecule has 1 aromatic carbocycles. The third kappa shape index (κ3) is 4.44. The highest BCUT2D eigenvalue weighted by atomic mass is 16.2. The van der Waals surface area contributed by atoms with Gasteiger partial charge in [-0.05, 0) is 29.7 Å². The number of pyridine rings is 1. The molecule has 2 N–H and O–H groups in total. The van der Waals surface area contributed by atoms with Crippen LogP contribution in [0.3, 0.4) is 0 Å². The first-order valence-electron chi connectivity index (χ1n) is 8.14. The number of nitrogens with one attached hydrogen (secondary N) is 2. The third-order valence-electron chi connectivity index (χ3n) is 3.96. The molecular weight excluding hydrogens is 314 g/mol. The Morgan fingerprint density at radius 1 is 1.16 bits per heavy atom. The lowest BCUT2D eigenvalue weighted by Gasteiger charge is -2.15. The van der Waals surface area contributed by atoms with Crippen molar-refractivity contribution in [1.82, 2.24) is 25.4 Å². The van der Waals surface area contributed by atoms with Gasteiger partial charge in [-0.15, -0.1) is 0 Å². The van der Waals surface area contributed by atoms with E-state index >= 15 is 0 Å². The lowest BCUT2D eigenvalue weighted by Crippen LogP contribution is -2.36. The molecule has 128 valence electrons. The van der Waals surface area contributed by atoms with Gasteiger partial charge in [-0.1, -0.05) is 30.3 Å². The Labute approximate surface area is 146 Å². The Morgan fingerprint density at radius 3 is 2.60 bits per heavy atom. The molecule has 0 aliphatic heterocycles. The number of benzene rings is 1. The second-order valence-electron chi connectivity index (χ2n) is 5.93. The molecule has 0 unspecified atom stereocenters. The molecule has 3 aromatic rings. The summed E-state index contributed by atoms with van der Waals surface area (Å²) in [4.78, 5) is 16.2. The number of hydrogen-bond donors (Lipinski definition) is 2. The van der Waals surface area contributed by atoms with Crippen molar-refractivity contribution in [2.24, 2.45) is 7.05 Å². The molecule has 1 atom stereocenters. The van der Waals surface area contributed by atoms with Crippen LogP contribution in [0.25, 0.3) is 11.1 Å². The van der Waals surface area contributed by atoms with Gasteiger partial charge in [-0.3, -0.25) is 9.67 Å². The molecule has 2 heterocycles. The zero-order chi connectivity index (χ0) is 17.6. The number of aryl methyl sites for hydroxylation is 1. The number of carbonyl (C=O) groups is 1. The molecule has 6 heteroatoms. The van der Waals surface area contributed by atoms with Crippen LogP contribution in [0.1, 0.15) is 24.1 Å². The zero-order valence-corrected chi connectivity index (χ0v) is 14.3. The van der Waals surface area contributed by atoms with Gasteiger partial charge in [0.1, 0.15) is 0 Å². The summed E-state index contributed by atoms with van der Waals surface area (Å²) >= 11 is 0. The van der Waals surface area contributed by atoms with Gasteiger partial charge < -0.3 is 10.6 Å². The van der Waals surface area contributed by atoms with E-state index in [9.17, 15) is 4.79 Å². The van der Waals surface area contributed by atoms with Crippen LogP contribution in [0.4, 0.5) is 4.79 Å². The van der Waals surface area contributed by atoms with Crippen molar-refractivity contribution >= 4 is 6.03 Å². The van der Waals surface area contributed by atoms with Crippen LogP contribution in [0.15, 0.2) is 61.2 Å². The number of carbonyl (C=O) groups excluding carboxylic acids is 1. The second kappa shape index (κ2) is 7.61. The minimum atomic E-state index is -0.201. The first-order valence-corrected chi connectivity index (χ1v) is 8.14. The van der Waals surface area contributed by atoms with Crippen molar-refractivity contribution in [3.63, 3.8) is 0 Å². The summed E-state index contributed by atoms with van der Waals surface area (Å²) in [6, 6.07) is 11.8. The van der Waals surface area contributed by atoms with Crippen molar-refractivity contribution in [1.29, 1.82) is 0 Å². The highest BCUT2D eigenvalue weighted by Gasteiger charge is 2.10. The quantitative estimate of drug-likeness (QED) is 0.753. The summed E-state index contributed by atoms with van der Waals surface area (Å²) in [6.07, 6.45) is 7.21. The first-order chi connectivity index (χ1) is 12.1. The molecule has 3 rings (SSSR count). The summed E-state index contributed by atoms with van der Waals surface area (Å²) in [6.45, 7) is 2.41. The van der Waals surface area contributed by atoms with E-state index in [0.717, 1.165) is 22.3 Å². The fraction of sp³-hybridized carbons (Fsp3) is 0.211. The Balaban J connectivity index is 1.55. The molecule has 2 aromatic heterocycles. The molecule has 0 aliphatic carbocycles. The average Bonchev–Trinajstić information content (AvgIpc) is 3.06. The second-order valence-corrected chi connectivity index (χ2v) is 5.93. The van der Waals surface area contributed by atoms with E-state index in [1.807, 2.05) is 62.8 Å². The van der Waals surface area contributed by atoms with Gasteiger partial charge in [0.25, 0.3) is 0 Å². The summed E-state index contributed by atoms with van der Waals surface area (Å²) in [5.41, 5.74) is 4.18. The lowest BCUT2D eigenvalue weighted by molar-refractivity contribution is 0.237. The molecule has 0 spiro atoms. The summed E-state index contributed by atoms with van der Waals surface area (Å²) in [7, 11) is 1.85. The van der Waals surface area contributed by atoms with Crippen molar-refractivity contribution in [3.8, 4) is 11.1 Å². The van der Waals surface area contributed by atoms with Gasteiger partial charge in [-0.2, -0.15) is 5.10 Å². The maximum Gasteiger partial charge on any atom is 0.315 e. The number of aromatic nitrogens is 3. The number of hydrogen-bond acceptors (Lipinski definition) is 3. The topological polar surface area (TPSA) is 71.8 Å². The molecule has 0 saturated carbocycles. The minimum Gasteiger partial charge on any atom is -0.334 e. The molecular formula is C19H21N5O. The third-order valence-corrected chi connectivity index (χ3v) is 3.96. The van der Waals surface area contributed by atoms with Crippen LogP contribution in [0.5, 0.6) is 0 Å². The molecule has 2 amide bonds. The fourth-order valence-electron chi connectivity index (χ4n) is 2.57. The zero-order valence-electron chi connectivity index (χ0n) is 14.3. The van der Waals surface area contributed by atoms with Crippen molar-refractivity contribution in [2.45, 2.75) is 19.5 Å². The Hall–Kier alpha value is -3.15. The predicted molar refractivity (Wildman–Crippen MR) is 96.7 cm³/mol. The average molecular weight is 335 g/mol. The van der Waals surface area contributed by atoms with Crippen LogP contribution in [-0.4, -0.2) is 20.8 Å². The van der Waals surface area contributed by atoms with Crippen molar-refractivity contribution < 1.29 is 4.79 Å². The van der Waals surface area contributed by atoms with E-state index in [0.29, 0.717) is 6.54 Å². The lowest BCUT2D eigenvalue weighted by atomic mass is 10.0. The number of rotatable bonds is 5. The molecule has 0 bridgehead atoms. The Bertz CT molecular complexity index is 827. The Kier molecular flexibility index (Phi) is 5.09. The largest absolute Gasteiger partial charge is 0.334 e. The van der Waals surface area contributed by atoms with E-state index in [-0.39, 0.29) is 12.1 Å². The van der Waals surface area contributed by atoms with Crippen molar-refractivity contribution in [3.05, 3.63) is 72.3 Å². The summed E-state index contributed by atoms with van der Waals surface area (Å²) in [5.74, 6) is 0. The smallest absolute Gasteiger partial charge is 0.315 e. The van der Waals surface area contributed by atoms with Crippen LogP contribution in [0, 0.1) is 0 Å². The molecule has 25 heavy (non-hydrogen) atoms. The summed E-state index contributed by atoms with van der Waals surface area (Å²) in [5, 5.41) is 9.86. The van der Waals surface area contributed by atoms with Gasteiger partial charge in [0.15, 0.2) is 0 Å². The molecule has 0 aliphatic rings. The van der Waals surface area contributed by atoms with Gasteiger partial charge in [-0.25, -0.2) is 4.79 Å². The normalized spacial score (nSPS) is 11.8. The number of nitrogens with zero attached hydrogens (tertiary/aromatic N) is 3. The SMILES string of the molecule is C[C@H](NC(=O)NCc1cnn(C)c1)c1ccc(-c2cccnc2)cc1. The predicted octanol–water partition coefficient (Wildman–Crippen LogP) is 3.04. The molecule has 0 radical (unpaired) electrons. The highest BCUT2D eigenvalue weighted by Crippen LogP contribution is 2.21. The van der Waals surface area contributed by atoms with E-state index in [1.54, 1.807) is 17.1 Å². The first kappa shape index (κ1) is 16.7. The van der Waals surface area contributed by atoms with Crippen LogP contribution >= 0.6 is 0 Å². The van der Waals surface area contributed by atoms with E-state index in [4.69, 9.17) is 0 Å². The van der Waals surface area contributed by atoms with E-state index in [2.05, 4.69) is 20.7 Å². The van der Waals surface area contributed by atoms with E-state index in [1.165, 1.54) is 0 Å². The van der Waals surface area contributed by atoms with E-state index < -0.39 is 0 Å². The standard InChI is InChI=1S/C19H21N5O/c1-14(23-19(25)21-10-15-11-22-24(2)13-15)16-5-7-17(8-6-16)18-4-3-9-20-12-18/h3-9,11-14H,10H2,1-2H3,(H2,21,23,25)/t14-/m0/s1. The van der Waals surface area contributed by atoms with Gasteiger partial charge >= 0.3 is 6.03 Å². The highest BCUT2D eigenvalue weighted by molar-refractivity contribution is 5.74. The number of urea groups is 1. The molecule has 6 nitrogen and oxygen atoms in total.